The molecule has 1 amide bonds. The zero-order valence-electron chi connectivity index (χ0n) is 12.6. The van der Waals surface area contributed by atoms with Gasteiger partial charge in [0.2, 0.25) is 0 Å². The number of hydrogen-bond acceptors (Lipinski definition) is 4. The molecule has 0 aliphatic carbocycles. The molecule has 2 fully saturated rings. The van der Waals surface area contributed by atoms with Crippen LogP contribution in [0.2, 0.25) is 0 Å². The average molecular weight is 292 g/mol. The fourth-order valence-electron chi connectivity index (χ4n) is 3.38. The van der Waals surface area contributed by atoms with Gasteiger partial charge in [0, 0.05) is 32.1 Å². The van der Waals surface area contributed by atoms with Gasteiger partial charge in [0.1, 0.15) is 5.54 Å². The lowest BCUT2D eigenvalue weighted by Crippen LogP contribution is -2.56. The minimum atomic E-state index is -0.529. The van der Waals surface area contributed by atoms with Crippen LogP contribution in [-0.2, 0) is 15.1 Å². The molecule has 3 heterocycles. The van der Waals surface area contributed by atoms with Gasteiger partial charge in [0.25, 0.3) is 5.91 Å². The van der Waals surface area contributed by atoms with Crippen molar-refractivity contribution < 1.29 is 9.53 Å². The second-order valence-electron chi connectivity index (χ2n) is 6.02. The van der Waals surface area contributed by atoms with E-state index in [-0.39, 0.29) is 12.0 Å². The number of piperidine rings is 1. The number of rotatable bonds is 2. The third-order valence-corrected chi connectivity index (χ3v) is 4.51. The Labute approximate surface area is 125 Å². The van der Waals surface area contributed by atoms with Gasteiger partial charge in [-0.05, 0) is 45.3 Å². The lowest BCUT2D eigenvalue weighted by Gasteiger charge is -2.40. The van der Waals surface area contributed by atoms with E-state index in [1.165, 1.54) is 0 Å². The van der Waals surface area contributed by atoms with E-state index in [9.17, 15) is 4.79 Å². The maximum absolute atomic E-state index is 13.3. The standard InChI is InChI=1S/C15H24N4O2/c1-13-12-18(9-3-11-21-13)14(20)15(4-7-16-8-5-15)19-10-2-6-17-19/h2,6,10,13,16H,3-5,7-9,11-12H2,1H3. The molecule has 1 unspecified atom stereocenters. The Bertz CT molecular complexity index is 468. The number of carbonyl (C=O) groups is 1. The molecule has 0 spiro atoms. The van der Waals surface area contributed by atoms with E-state index >= 15 is 0 Å². The number of aromatic nitrogens is 2. The first-order valence-corrected chi connectivity index (χ1v) is 7.84. The summed E-state index contributed by atoms with van der Waals surface area (Å²) in [5.74, 6) is 0.199. The number of amides is 1. The van der Waals surface area contributed by atoms with Crippen LogP contribution in [0.1, 0.15) is 26.2 Å². The third kappa shape index (κ3) is 2.82. The first-order valence-electron chi connectivity index (χ1n) is 7.84. The zero-order chi connectivity index (χ0) is 14.7. The maximum atomic E-state index is 13.3. The summed E-state index contributed by atoms with van der Waals surface area (Å²) in [6.07, 6.45) is 6.27. The molecule has 116 valence electrons. The van der Waals surface area contributed by atoms with Crippen molar-refractivity contribution in [2.24, 2.45) is 0 Å². The molecule has 1 N–H and O–H groups in total. The van der Waals surface area contributed by atoms with Crippen molar-refractivity contribution in [3.63, 3.8) is 0 Å². The first kappa shape index (κ1) is 14.5. The molecule has 1 atom stereocenters. The van der Waals surface area contributed by atoms with Crippen molar-refractivity contribution in [1.82, 2.24) is 20.0 Å². The zero-order valence-corrected chi connectivity index (χ0v) is 12.6. The summed E-state index contributed by atoms with van der Waals surface area (Å²) in [6.45, 7) is 5.93. The SMILES string of the molecule is CC1CN(C(=O)C2(n3cccn3)CCNCC2)CCCO1. The molecule has 0 bridgehead atoms. The molecule has 1 aromatic heterocycles. The van der Waals surface area contributed by atoms with Gasteiger partial charge in [-0.1, -0.05) is 0 Å². The van der Waals surface area contributed by atoms with Crippen molar-refractivity contribution in [3.05, 3.63) is 18.5 Å². The molecule has 1 aromatic rings. The molecule has 2 aliphatic heterocycles. The van der Waals surface area contributed by atoms with Crippen molar-refractivity contribution in [3.8, 4) is 0 Å². The minimum Gasteiger partial charge on any atom is -0.377 e. The smallest absolute Gasteiger partial charge is 0.250 e. The molecule has 0 radical (unpaired) electrons. The number of hydrogen-bond donors (Lipinski definition) is 1. The van der Waals surface area contributed by atoms with E-state index in [1.54, 1.807) is 6.20 Å². The summed E-state index contributed by atoms with van der Waals surface area (Å²) in [7, 11) is 0. The van der Waals surface area contributed by atoms with Crippen LogP contribution in [0.4, 0.5) is 0 Å². The minimum absolute atomic E-state index is 0.104. The molecule has 6 nitrogen and oxygen atoms in total. The predicted octanol–water partition coefficient (Wildman–Crippen LogP) is 0.599. The summed E-state index contributed by atoms with van der Waals surface area (Å²) in [4.78, 5) is 15.2. The van der Waals surface area contributed by atoms with Crippen molar-refractivity contribution >= 4 is 5.91 Å². The Hall–Kier alpha value is -1.40. The van der Waals surface area contributed by atoms with Gasteiger partial charge in [0.15, 0.2) is 0 Å². The average Bonchev–Trinajstić information content (AvgIpc) is 2.97. The Balaban J connectivity index is 1.87. The van der Waals surface area contributed by atoms with E-state index in [2.05, 4.69) is 10.4 Å². The lowest BCUT2D eigenvalue weighted by atomic mass is 9.86. The van der Waals surface area contributed by atoms with Crippen LogP contribution in [0.5, 0.6) is 0 Å². The summed E-state index contributed by atoms with van der Waals surface area (Å²) in [5.41, 5.74) is -0.529. The van der Waals surface area contributed by atoms with Crippen molar-refractivity contribution in [1.29, 1.82) is 0 Å². The highest BCUT2D eigenvalue weighted by molar-refractivity contribution is 5.84. The van der Waals surface area contributed by atoms with Crippen LogP contribution >= 0.6 is 0 Å². The van der Waals surface area contributed by atoms with Gasteiger partial charge in [-0.3, -0.25) is 9.48 Å². The molecule has 2 saturated heterocycles. The largest absolute Gasteiger partial charge is 0.377 e. The predicted molar refractivity (Wildman–Crippen MR) is 78.9 cm³/mol. The first-order chi connectivity index (χ1) is 10.2. The van der Waals surface area contributed by atoms with Gasteiger partial charge < -0.3 is 15.0 Å². The van der Waals surface area contributed by atoms with Gasteiger partial charge in [-0.2, -0.15) is 5.10 Å². The summed E-state index contributed by atoms with van der Waals surface area (Å²) >= 11 is 0. The van der Waals surface area contributed by atoms with Crippen LogP contribution in [0.15, 0.2) is 18.5 Å². The van der Waals surface area contributed by atoms with E-state index in [4.69, 9.17) is 4.74 Å². The van der Waals surface area contributed by atoms with Gasteiger partial charge >= 0.3 is 0 Å². The van der Waals surface area contributed by atoms with E-state index in [0.29, 0.717) is 6.54 Å². The quantitative estimate of drug-likeness (QED) is 0.867. The summed E-state index contributed by atoms with van der Waals surface area (Å²) in [5, 5.41) is 7.72. The number of nitrogens with one attached hydrogen (secondary N) is 1. The maximum Gasteiger partial charge on any atom is 0.250 e. The van der Waals surface area contributed by atoms with Crippen molar-refractivity contribution in [2.45, 2.75) is 37.8 Å². The van der Waals surface area contributed by atoms with Gasteiger partial charge in [-0.15, -0.1) is 0 Å². The fraction of sp³-hybridized carbons (Fsp3) is 0.733. The van der Waals surface area contributed by atoms with Crippen LogP contribution in [-0.4, -0.2) is 59.5 Å². The Morgan fingerprint density at radius 1 is 1.43 bits per heavy atom. The summed E-state index contributed by atoms with van der Waals surface area (Å²) in [6, 6.07) is 1.89. The number of carbonyl (C=O) groups excluding carboxylic acids is 1. The topological polar surface area (TPSA) is 59.4 Å². The lowest BCUT2D eigenvalue weighted by molar-refractivity contribution is -0.143. The molecular formula is C15H24N4O2. The summed E-state index contributed by atoms with van der Waals surface area (Å²) < 4.78 is 7.53. The van der Waals surface area contributed by atoms with E-state index in [0.717, 1.165) is 45.5 Å². The molecule has 0 aromatic carbocycles. The molecule has 2 aliphatic rings. The Morgan fingerprint density at radius 3 is 2.95 bits per heavy atom. The molecule has 21 heavy (non-hydrogen) atoms. The third-order valence-electron chi connectivity index (χ3n) is 4.51. The highest BCUT2D eigenvalue weighted by Crippen LogP contribution is 2.30. The second kappa shape index (κ2) is 6.15. The molecule has 0 saturated carbocycles. The van der Waals surface area contributed by atoms with Crippen LogP contribution in [0, 0.1) is 0 Å². The normalized spacial score (nSPS) is 26.3. The van der Waals surface area contributed by atoms with Crippen LogP contribution < -0.4 is 5.32 Å². The fourth-order valence-corrected chi connectivity index (χ4v) is 3.38. The second-order valence-corrected chi connectivity index (χ2v) is 6.02. The van der Waals surface area contributed by atoms with E-state index < -0.39 is 5.54 Å². The Kier molecular flexibility index (Phi) is 4.26. The highest BCUT2D eigenvalue weighted by atomic mass is 16.5. The Morgan fingerprint density at radius 2 is 2.24 bits per heavy atom. The van der Waals surface area contributed by atoms with Crippen molar-refractivity contribution in [2.75, 3.05) is 32.8 Å². The van der Waals surface area contributed by atoms with Gasteiger partial charge in [0.05, 0.1) is 6.10 Å². The molecule has 3 rings (SSSR count). The van der Waals surface area contributed by atoms with E-state index in [1.807, 2.05) is 28.8 Å². The van der Waals surface area contributed by atoms with Crippen LogP contribution in [0.25, 0.3) is 0 Å². The van der Waals surface area contributed by atoms with Crippen LogP contribution in [0.3, 0.4) is 0 Å². The molecule has 6 heteroatoms. The number of ether oxygens (including phenoxy) is 1. The monoisotopic (exact) mass is 292 g/mol. The number of nitrogens with zero attached hydrogens (tertiary/aromatic N) is 3. The van der Waals surface area contributed by atoms with Gasteiger partial charge in [-0.25, -0.2) is 0 Å². The molecular weight excluding hydrogens is 268 g/mol. The highest BCUT2D eigenvalue weighted by Gasteiger charge is 2.44.